The van der Waals surface area contributed by atoms with Gasteiger partial charge in [-0.1, -0.05) is 6.58 Å². The summed E-state index contributed by atoms with van der Waals surface area (Å²) in [5, 5.41) is 0. The quantitative estimate of drug-likeness (QED) is 0.662. The molecule has 0 spiro atoms. The second-order valence-electron chi connectivity index (χ2n) is 2.93. The van der Waals surface area contributed by atoms with Crippen LogP contribution in [-0.4, -0.2) is 23.9 Å². The molecule has 0 saturated carbocycles. The third-order valence-corrected chi connectivity index (χ3v) is 1.56. The number of carbonyl (C=O) groups is 1. The van der Waals surface area contributed by atoms with Crippen LogP contribution in [0.3, 0.4) is 0 Å². The second-order valence-corrected chi connectivity index (χ2v) is 2.93. The van der Waals surface area contributed by atoms with Gasteiger partial charge in [-0.3, -0.25) is 4.79 Å². The van der Waals surface area contributed by atoms with E-state index in [0.29, 0.717) is 6.08 Å². The highest BCUT2D eigenvalue weighted by Gasteiger charge is 2.36. The predicted octanol–water partition coefficient (Wildman–Crippen LogP) is 2.49. The van der Waals surface area contributed by atoms with Gasteiger partial charge in [0.15, 0.2) is 5.78 Å². The molecule has 5 heteroatoms. The van der Waals surface area contributed by atoms with Crippen LogP contribution in [0.15, 0.2) is 24.0 Å². The van der Waals surface area contributed by atoms with Gasteiger partial charge in [0.05, 0.1) is 0 Å². The molecular formula is C9H12F3NO. The lowest BCUT2D eigenvalue weighted by Crippen LogP contribution is -2.27. The van der Waals surface area contributed by atoms with Gasteiger partial charge in [0.1, 0.15) is 5.70 Å². The van der Waals surface area contributed by atoms with E-state index in [-0.39, 0.29) is 5.70 Å². The molecule has 0 saturated heterocycles. The Morgan fingerprint density at radius 1 is 1.36 bits per heavy atom. The van der Waals surface area contributed by atoms with Crippen molar-refractivity contribution in [3.05, 3.63) is 24.0 Å². The molecule has 0 aromatic heterocycles. The smallest absolute Gasteiger partial charge is 0.345 e. The summed E-state index contributed by atoms with van der Waals surface area (Å²) in [6.45, 7) is 5.87. The van der Waals surface area contributed by atoms with E-state index in [1.54, 1.807) is 0 Å². The lowest BCUT2D eigenvalue weighted by molar-refractivity contribution is -0.117. The van der Waals surface area contributed by atoms with Crippen LogP contribution >= 0.6 is 0 Å². The van der Waals surface area contributed by atoms with E-state index in [0.717, 1.165) is 11.8 Å². The molecule has 0 N–H and O–H groups in total. The molecule has 0 aromatic rings. The summed E-state index contributed by atoms with van der Waals surface area (Å²) in [7, 11) is 1.21. The largest absolute Gasteiger partial charge is 0.431 e. The highest BCUT2D eigenvalue weighted by atomic mass is 19.4. The van der Waals surface area contributed by atoms with Crippen molar-refractivity contribution in [1.29, 1.82) is 0 Å². The highest BCUT2D eigenvalue weighted by molar-refractivity contribution is 5.88. The van der Waals surface area contributed by atoms with E-state index in [4.69, 9.17) is 0 Å². The molecule has 0 rings (SSSR count). The molecule has 80 valence electrons. The number of halogens is 3. The lowest BCUT2D eigenvalue weighted by atomic mass is 10.2. The van der Waals surface area contributed by atoms with E-state index in [2.05, 4.69) is 6.58 Å². The molecule has 0 heterocycles. The maximum absolute atomic E-state index is 12.4. The fraction of sp³-hybridized carbons (Fsp3) is 0.444. The number of alkyl halides is 3. The Morgan fingerprint density at radius 3 is 2.00 bits per heavy atom. The number of carbonyl (C=O) groups excluding carboxylic acids is 1. The predicted molar refractivity (Wildman–Crippen MR) is 47.4 cm³/mol. The average molecular weight is 207 g/mol. The lowest BCUT2D eigenvalue weighted by Gasteiger charge is -2.24. The number of hydrogen-bond donors (Lipinski definition) is 0. The van der Waals surface area contributed by atoms with Crippen LogP contribution in [0.5, 0.6) is 0 Å². The zero-order valence-electron chi connectivity index (χ0n) is 8.27. The van der Waals surface area contributed by atoms with Gasteiger partial charge in [-0.2, -0.15) is 13.2 Å². The number of hydrogen-bond acceptors (Lipinski definition) is 2. The Morgan fingerprint density at radius 2 is 1.79 bits per heavy atom. The van der Waals surface area contributed by atoms with Crippen molar-refractivity contribution in [3.63, 3.8) is 0 Å². The van der Waals surface area contributed by atoms with Crippen LogP contribution in [0.4, 0.5) is 13.2 Å². The summed E-state index contributed by atoms with van der Waals surface area (Å²) in [6.07, 6.45) is -3.99. The molecule has 0 aliphatic carbocycles. The van der Waals surface area contributed by atoms with Crippen molar-refractivity contribution in [2.24, 2.45) is 0 Å². The summed E-state index contributed by atoms with van der Waals surface area (Å²) < 4.78 is 37.2. The first-order valence-electron chi connectivity index (χ1n) is 3.85. The van der Waals surface area contributed by atoms with Crippen LogP contribution in [0.2, 0.25) is 0 Å². The molecule has 0 amide bonds. The topological polar surface area (TPSA) is 20.3 Å². The van der Waals surface area contributed by atoms with Crippen molar-refractivity contribution in [2.45, 2.75) is 20.0 Å². The SMILES string of the molecule is C=C(C)N(C)/C(=C\C(C)=O)C(F)(F)F. The normalized spacial score (nSPS) is 12.6. The number of allylic oxidation sites excluding steroid dienone is 3. The zero-order valence-corrected chi connectivity index (χ0v) is 8.27. The van der Waals surface area contributed by atoms with E-state index in [9.17, 15) is 18.0 Å². The molecule has 14 heavy (non-hydrogen) atoms. The van der Waals surface area contributed by atoms with Crippen LogP contribution in [0.1, 0.15) is 13.8 Å². The van der Waals surface area contributed by atoms with Crippen molar-refractivity contribution in [1.82, 2.24) is 4.90 Å². The third kappa shape index (κ3) is 3.64. The van der Waals surface area contributed by atoms with Crippen LogP contribution in [-0.2, 0) is 4.79 Å². The van der Waals surface area contributed by atoms with Gasteiger partial charge in [-0.15, -0.1) is 0 Å². The molecular weight excluding hydrogens is 195 g/mol. The third-order valence-electron chi connectivity index (χ3n) is 1.56. The minimum Gasteiger partial charge on any atom is -0.345 e. The Balaban J connectivity index is 5.13. The van der Waals surface area contributed by atoms with E-state index < -0.39 is 17.7 Å². The van der Waals surface area contributed by atoms with Crippen molar-refractivity contribution in [2.75, 3.05) is 7.05 Å². The van der Waals surface area contributed by atoms with Gasteiger partial charge in [0.2, 0.25) is 0 Å². The fourth-order valence-electron chi connectivity index (χ4n) is 0.767. The van der Waals surface area contributed by atoms with Crippen molar-refractivity contribution in [3.8, 4) is 0 Å². The van der Waals surface area contributed by atoms with Gasteiger partial charge in [0, 0.05) is 18.8 Å². The highest BCUT2D eigenvalue weighted by Crippen LogP contribution is 2.29. The summed E-state index contributed by atoms with van der Waals surface area (Å²) in [6, 6.07) is 0. The van der Waals surface area contributed by atoms with Crippen LogP contribution in [0, 0.1) is 0 Å². The molecule has 0 bridgehead atoms. The molecule has 2 nitrogen and oxygen atoms in total. The van der Waals surface area contributed by atoms with Gasteiger partial charge in [-0.05, 0) is 13.8 Å². The summed E-state index contributed by atoms with van der Waals surface area (Å²) in [4.78, 5) is 11.4. The molecule has 0 aliphatic heterocycles. The molecule has 0 atom stereocenters. The van der Waals surface area contributed by atoms with Gasteiger partial charge >= 0.3 is 6.18 Å². The molecule has 0 unspecified atom stereocenters. The van der Waals surface area contributed by atoms with Crippen LogP contribution < -0.4 is 0 Å². The Bertz CT molecular complexity index is 278. The average Bonchev–Trinajstić information content (AvgIpc) is 1.96. The number of rotatable bonds is 3. The van der Waals surface area contributed by atoms with Gasteiger partial charge in [0.25, 0.3) is 0 Å². The minimum atomic E-state index is -4.54. The van der Waals surface area contributed by atoms with Crippen molar-refractivity contribution < 1.29 is 18.0 Å². The molecule has 0 radical (unpaired) electrons. The standard InChI is InChI=1S/C9H12F3NO/c1-6(2)13(4)8(5-7(3)14)9(10,11)12/h5H,1H2,2-4H3/b8-5-. The minimum absolute atomic E-state index is 0.217. The first-order valence-corrected chi connectivity index (χ1v) is 3.85. The van der Waals surface area contributed by atoms with Gasteiger partial charge in [-0.25, -0.2) is 0 Å². The molecule has 0 fully saturated rings. The molecule has 0 aromatic carbocycles. The first kappa shape index (κ1) is 12.7. The fourth-order valence-corrected chi connectivity index (χ4v) is 0.767. The molecule has 0 aliphatic rings. The Kier molecular flexibility index (Phi) is 3.92. The maximum atomic E-state index is 12.4. The maximum Gasteiger partial charge on any atom is 0.431 e. The number of nitrogens with zero attached hydrogens (tertiary/aromatic N) is 1. The summed E-state index contributed by atoms with van der Waals surface area (Å²) >= 11 is 0. The van der Waals surface area contributed by atoms with E-state index >= 15 is 0 Å². The second kappa shape index (κ2) is 4.30. The Labute approximate surface area is 80.7 Å². The van der Waals surface area contributed by atoms with Crippen LogP contribution in [0.25, 0.3) is 0 Å². The number of ketones is 1. The van der Waals surface area contributed by atoms with Gasteiger partial charge < -0.3 is 4.90 Å². The summed E-state index contributed by atoms with van der Waals surface area (Å²) in [5.74, 6) is -0.648. The Hall–Kier alpha value is -1.26. The summed E-state index contributed by atoms with van der Waals surface area (Å²) in [5.41, 5.74) is -0.785. The van der Waals surface area contributed by atoms with E-state index in [1.165, 1.54) is 14.0 Å². The zero-order chi connectivity index (χ0) is 11.5. The van der Waals surface area contributed by atoms with Crippen molar-refractivity contribution >= 4 is 5.78 Å². The van der Waals surface area contributed by atoms with E-state index in [1.807, 2.05) is 0 Å². The monoisotopic (exact) mass is 207 g/mol. The first-order chi connectivity index (χ1) is 6.16.